The van der Waals surface area contributed by atoms with Crippen molar-refractivity contribution in [3.05, 3.63) is 59.7 Å². The van der Waals surface area contributed by atoms with Crippen molar-refractivity contribution in [2.24, 2.45) is 5.73 Å². The van der Waals surface area contributed by atoms with Gasteiger partial charge in [0, 0.05) is 6.04 Å². The topological polar surface area (TPSA) is 66.5 Å². The highest BCUT2D eigenvalue weighted by Crippen LogP contribution is 2.14. The summed E-state index contributed by atoms with van der Waals surface area (Å²) in [6.07, 6.45) is 2.60. The van der Waals surface area contributed by atoms with Gasteiger partial charge in [-0.2, -0.15) is 0 Å². The highest BCUT2D eigenvalue weighted by Gasteiger charge is 2.05. The molecule has 0 aliphatic heterocycles. The maximum atomic E-state index is 9.21. The number of nitrogens with two attached hydrogens (primary N) is 1. The third kappa shape index (κ3) is 4.30. The number of benzene rings is 2. The zero-order valence-corrected chi connectivity index (χ0v) is 10.8. The van der Waals surface area contributed by atoms with Crippen LogP contribution in [0, 0.1) is 0 Å². The van der Waals surface area contributed by atoms with E-state index in [1.165, 1.54) is 5.56 Å². The summed E-state index contributed by atoms with van der Waals surface area (Å²) in [5.74, 6) is 0.568. The minimum Gasteiger partial charge on any atom is -0.508 e. The third-order valence-corrected chi connectivity index (χ3v) is 3.17. The molecule has 4 N–H and O–H groups in total. The van der Waals surface area contributed by atoms with Crippen molar-refractivity contribution in [3.8, 4) is 11.5 Å². The molecule has 0 unspecified atom stereocenters. The van der Waals surface area contributed by atoms with Gasteiger partial charge in [0.1, 0.15) is 11.5 Å². The quantitative estimate of drug-likeness (QED) is 0.771. The van der Waals surface area contributed by atoms with E-state index in [0.717, 1.165) is 24.8 Å². The van der Waals surface area contributed by atoms with Gasteiger partial charge in [0.2, 0.25) is 0 Å². The summed E-state index contributed by atoms with van der Waals surface area (Å²) in [4.78, 5) is 0. The SMILES string of the molecule is N[C@H](CCc1ccc(O)cc1)Cc1ccc(O)cc1. The lowest BCUT2D eigenvalue weighted by Crippen LogP contribution is -2.23. The van der Waals surface area contributed by atoms with Crippen LogP contribution in [0.4, 0.5) is 0 Å². The zero-order chi connectivity index (χ0) is 13.7. The minimum absolute atomic E-state index is 0.0957. The predicted molar refractivity (Wildman–Crippen MR) is 76.2 cm³/mol. The van der Waals surface area contributed by atoms with Crippen LogP contribution in [-0.4, -0.2) is 16.3 Å². The van der Waals surface area contributed by atoms with E-state index in [4.69, 9.17) is 5.73 Å². The third-order valence-electron chi connectivity index (χ3n) is 3.17. The summed E-state index contributed by atoms with van der Waals surface area (Å²) in [7, 11) is 0. The van der Waals surface area contributed by atoms with E-state index in [0.29, 0.717) is 0 Å². The zero-order valence-electron chi connectivity index (χ0n) is 10.8. The van der Waals surface area contributed by atoms with Gasteiger partial charge in [0.15, 0.2) is 0 Å². The van der Waals surface area contributed by atoms with Crippen molar-refractivity contribution < 1.29 is 10.2 Å². The van der Waals surface area contributed by atoms with E-state index in [1.54, 1.807) is 24.3 Å². The molecule has 0 bridgehead atoms. The van der Waals surface area contributed by atoms with Gasteiger partial charge in [-0.1, -0.05) is 24.3 Å². The van der Waals surface area contributed by atoms with Crippen LogP contribution in [0.5, 0.6) is 11.5 Å². The molecule has 0 saturated carbocycles. The Morgan fingerprint density at radius 3 is 1.79 bits per heavy atom. The first-order valence-electron chi connectivity index (χ1n) is 6.45. The average molecular weight is 257 g/mol. The molecule has 0 saturated heterocycles. The molecule has 3 nitrogen and oxygen atoms in total. The van der Waals surface area contributed by atoms with Crippen LogP contribution in [0.25, 0.3) is 0 Å². The summed E-state index contributed by atoms with van der Waals surface area (Å²) in [5.41, 5.74) is 8.42. The van der Waals surface area contributed by atoms with E-state index in [2.05, 4.69) is 0 Å². The smallest absolute Gasteiger partial charge is 0.115 e. The van der Waals surface area contributed by atoms with Gasteiger partial charge < -0.3 is 15.9 Å². The highest BCUT2D eigenvalue weighted by molar-refractivity contribution is 5.27. The molecule has 100 valence electrons. The Bertz CT molecular complexity index is 505. The van der Waals surface area contributed by atoms with Crippen LogP contribution in [0.3, 0.4) is 0 Å². The van der Waals surface area contributed by atoms with Gasteiger partial charge in [0.05, 0.1) is 0 Å². The van der Waals surface area contributed by atoms with Crippen LogP contribution in [-0.2, 0) is 12.8 Å². The summed E-state index contributed by atoms with van der Waals surface area (Å²) in [6, 6.07) is 14.5. The number of aromatic hydroxyl groups is 2. The molecule has 0 amide bonds. The highest BCUT2D eigenvalue weighted by atomic mass is 16.3. The Labute approximate surface area is 113 Å². The lowest BCUT2D eigenvalue weighted by atomic mass is 10.00. The number of aryl methyl sites for hydroxylation is 1. The van der Waals surface area contributed by atoms with E-state index < -0.39 is 0 Å². The van der Waals surface area contributed by atoms with Crippen molar-refractivity contribution in [3.63, 3.8) is 0 Å². The molecule has 2 rings (SSSR count). The number of hydrogen-bond donors (Lipinski definition) is 3. The average Bonchev–Trinajstić information content (AvgIpc) is 2.41. The van der Waals surface area contributed by atoms with Crippen molar-refractivity contribution in [1.29, 1.82) is 0 Å². The van der Waals surface area contributed by atoms with E-state index >= 15 is 0 Å². The van der Waals surface area contributed by atoms with E-state index in [1.807, 2.05) is 24.3 Å². The minimum atomic E-state index is 0.0957. The molecular formula is C16H19NO2. The summed E-state index contributed by atoms with van der Waals surface area (Å²) in [5, 5.41) is 18.4. The summed E-state index contributed by atoms with van der Waals surface area (Å²) in [6.45, 7) is 0. The number of rotatable bonds is 5. The second-order valence-electron chi connectivity index (χ2n) is 4.84. The summed E-state index contributed by atoms with van der Waals surface area (Å²) >= 11 is 0. The second kappa shape index (κ2) is 6.25. The Kier molecular flexibility index (Phi) is 4.42. The Morgan fingerprint density at radius 2 is 1.26 bits per heavy atom. The molecule has 0 radical (unpaired) electrons. The number of hydrogen-bond acceptors (Lipinski definition) is 3. The molecule has 2 aromatic carbocycles. The van der Waals surface area contributed by atoms with Gasteiger partial charge in [-0.15, -0.1) is 0 Å². The first kappa shape index (κ1) is 13.4. The van der Waals surface area contributed by atoms with Crippen LogP contribution >= 0.6 is 0 Å². The monoisotopic (exact) mass is 257 g/mol. The molecule has 3 heteroatoms. The van der Waals surface area contributed by atoms with Gasteiger partial charge in [-0.3, -0.25) is 0 Å². The molecule has 0 fully saturated rings. The fourth-order valence-corrected chi connectivity index (χ4v) is 2.05. The normalized spacial score (nSPS) is 12.3. The van der Waals surface area contributed by atoms with Crippen LogP contribution in [0.15, 0.2) is 48.5 Å². The van der Waals surface area contributed by atoms with Gasteiger partial charge in [0.25, 0.3) is 0 Å². The van der Waals surface area contributed by atoms with Gasteiger partial charge in [-0.25, -0.2) is 0 Å². The molecule has 0 aliphatic rings. The first-order valence-corrected chi connectivity index (χ1v) is 6.45. The maximum Gasteiger partial charge on any atom is 0.115 e. The molecule has 0 heterocycles. The predicted octanol–water partition coefficient (Wildman–Crippen LogP) is 2.60. The molecule has 2 aromatic rings. The first-order chi connectivity index (χ1) is 9.13. The van der Waals surface area contributed by atoms with Gasteiger partial charge >= 0.3 is 0 Å². The molecule has 19 heavy (non-hydrogen) atoms. The molecular weight excluding hydrogens is 238 g/mol. The Morgan fingerprint density at radius 1 is 0.789 bits per heavy atom. The van der Waals surface area contributed by atoms with Crippen LogP contribution in [0.1, 0.15) is 17.5 Å². The molecule has 0 spiro atoms. The number of phenolic OH excluding ortho intramolecular Hbond substituents is 2. The van der Waals surface area contributed by atoms with Crippen LogP contribution in [0.2, 0.25) is 0 Å². The van der Waals surface area contributed by atoms with Crippen molar-refractivity contribution in [1.82, 2.24) is 0 Å². The largest absolute Gasteiger partial charge is 0.508 e. The molecule has 0 aliphatic carbocycles. The number of phenols is 2. The second-order valence-corrected chi connectivity index (χ2v) is 4.84. The Balaban J connectivity index is 1.82. The van der Waals surface area contributed by atoms with Crippen LogP contribution < -0.4 is 5.73 Å². The lowest BCUT2D eigenvalue weighted by molar-refractivity contribution is 0.474. The maximum absolute atomic E-state index is 9.21. The molecule has 0 aromatic heterocycles. The summed E-state index contributed by atoms with van der Waals surface area (Å²) < 4.78 is 0. The van der Waals surface area contributed by atoms with Gasteiger partial charge in [-0.05, 0) is 54.7 Å². The Hall–Kier alpha value is -2.00. The fourth-order valence-electron chi connectivity index (χ4n) is 2.05. The van der Waals surface area contributed by atoms with Crippen molar-refractivity contribution >= 4 is 0 Å². The fraction of sp³-hybridized carbons (Fsp3) is 0.250. The van der Waals surface area contributed by atoms with E-state index in [-0.39, 0.29) is 17.5 Å². The lowest BCUT2D eigenvalue weighted by Gasteiger charge is -2.11. The molecule has 1 atom stereocenters. The van der Waals surface area contributed by atoms with Crippen molar-refractivity contribution in [2.45, 2.75) is 25.3 Å². The van der Waals surface area contributed by atoms with Crippen molar-refractivity contribution in [2.75, 3.05) is 0 Å². The standard InChI is InChI=1S/C16H19NO2/c17-14(11-13-4-9-16(19)10-5-13)6-1-12-2-7-15(18)8-3-12/h2-5,7-10,14,18-19H,1,6,11,17H2/t14-/m1/s1. The van der Waals surface area contributed by atoms with E-state index in [9.17, 15) is 10.2 Å².